The van der Waals surface area contributed by atoms with Crippen molar-refractivity contribution in [1.82, 2.24) is 14.8 Å². The lowest BCUT2D eigenvalue weighted by molar-refractivity contribution is 0.795. The Morgan fingerprint density at radius 1 is 0.788 bits per heavy atom. The van der Waals surface area contributed by atoms with Crippen LogP contribution in [-0.2, 0) is 6.42 Å². The lowest BCUT2D eigenvalue weighted by Gasteiger charge is -2.12. The monoisotopic (exact) mass is 433 g/mol. The lowest BCUT2D eigenvalue weighted by Crippen LogP contribution is -2.00. The third-order valence-electron chi connectivity index (χ3n) is 5.84. The van der Waals surface area contributed by atoms with Gasteiger partial charge < -0.3 is 0 Å². The summed E-state index contributed by atoms with van der Waals surface area (Å²) in [5, 5.41) is 9.25. The highest BCUT2D eigenvalue weighted by Gasteiger charge is 2.17. The summed E-state index contributed by atoms with van der Waals surface area (Å²) in [5.41, 5.74) is 6.92. The van der Waals surface area contributed by atoms with Crippen LogP contribution >= 0.6 is 0 Å². The molecule has 4 aromatic rings. The van der Waals surface area contributed by atoms with Gasteiger partial charge in [-0.3, -0.25) is 4.57 Å². The van der Waals surface area contributed by atoms with Gasteiger partial charge >= 0.3 is 0 Å². The van der Waals surface area contributed by atoms with E-state index in [1.54, 1.807) is 0 Å². The van der Waals surface area contributed by atoms with E-state index < -0.39 is 0 Å². The molecular formula is C30H31N3. The molecule has 166 valence electrons. The predicted molar refractivity (Wildman–Crippen MR) is 139 cm³/mol. The van der Waals surface area contributed by atoms with Gasteiger partial charge in [-0.15, -0.1) is 10.2 Å². The zero-order valence-corrected chi connectivity index (χ0v) is 19.7. The van der Waals surface area contributed by atoms with E-state index in [1.165, 1.54) is 29.5 Å². The average molecular weight is 434 g/mol. The first-order chi connectivity index (χ1) is 16.2. The van der Waals surface area contributed by atoms with E-state index in [0.717, 1.165) is 34.9 Å². The third-order valence-corrected chi connectivity index (χ3v) is 5.84. The molecule has 0 bridgehead atoms. The van der Waals surface area contributed by atoms with Crippen LogP contribution < -0.4 is 0 Å². The second-order valence-electron chi connectivity index (χ2n) is 8.14. The Kier molecular flexibility index (Phi) is 7.31. The zero-order valence-electron chi connectivity index (χ0n) is 19.7. The molecule has 3 heteroatoms. The number of unbranched alkanes of at least 4 members (excludes halogenated alkanes) is 1. The molecule has 0 saturated carbocycles. The van der Waals surface area contributed by atoms with Crippen molar-refractivity contribution >= 4 is 5.57 Å². The first-order valence-corrected chi connectivity index (χ1v) is 11.7. The Labute approximate surface area is 197 Å². The summed E-state index contributed by atoms with van der Waals surface area (Å²) in [7, 11) is 0. The Morgan fingerprint density at radius 2 is 1.39 bits per heavy atom. The maximum absolute atomic E-state index is 4.63. The molecule has 0 fully saturated rings. The Hall–Kier alpha value is -3.72. The molecule has 3 nitrogen and oxygen atoms in total. The van der Waals surface area contributed by atoms with Gasteiger partial charge in [-0.2, -0.15) is 0 Å². The van der Waals surface area contributed by atoms with Crippen molar-refractivity contribution in [3.8, 4) is 28.5 Å². The fraction of sp³-hybridized carbons (Fsp3) is 0.200. The van der Waals surface area contributed by atoms with Gasteiger partial charge in [0, 0.05) is 16.8 Å². The summed E-state index contributed by atoms with van der Waals surface area (Å²) >= 11 is 0. The molecule has 0 radical (unpaired) electrons. The van der Waals surface area contributed by atoms with Gasteiger partial charge in [0.15, 0.2) is 11.6 Å². The van der Waals surface area contributed by atoms with Gasteiger partial charge in [0.2, 0.25) is 0 Å². The van der Waals surface area contributed by atoms with Crippen LogP contribution in [0.3, 0.4) is 0 Å². The molecule has 0 aliphatic heterocycles. The van der Waals surface area contributed by atoms with E-state index in [0.29, 0.717) is 0 Å². The second-order valence-corrected chi connectivity index (χ2v) is 8.14. The molecular weight excluding hydrogens is 402 g/mol. The summed E-state index contributed by atoms with van der Waals surface area (Å²) in [6.07, 6.45) is 9.85. The molecule has 1 heterocycles. The Balaban J connectivity index is 1.76. The van der Waals surface area contributed by atoms with Gasteiger partial charge in [-0.1, -0.05) is 98.3 Å². The smallest absolute Gasteiger partial charge is 0.168 e. The zero-order chi connectivity index (χ0) is 23.0. The molecule has 0 amide bonds. The highest BCUT2D eigenvalue weighted by Crippen LogP contribution is 2.30. The van der Waals surface area contributed by atoms with E-state index >= 15 is 0 Å². The minimum absolute atomic E-state index is 0.839. The normalized spacial score (nSPS) is 11.9. The van der Waals surface area contributed by atoms with Gasteiger partial charge in [-0.05, 0) is 55.5 Å². The number of aryl methyl sites for hydroxylation is 1. The van der Waals surface area contributed by atoms with Crippen molar-refractivity contribution in [2.75, 3.05) is 0 Å². The highest BCUT2D eigenvalue weighted by molar-refractivity contribution is 5.75. The van der Waals surface area contributed by atoms with Crippen LogP contribution in [0.4, 0.5) is 0 Å². The van der Waals surface area contributed by atoms with Crippen molar-refractivity contribution in [2.24, 2.45) is 0 Å². The molecule has 0 aliphatic carbocycles. The first-order valence-electron chi connectivity index (χ1n) is 11.7. The van der Waals surface area contributed by atoms with Crippen molar-refractivity contribution in [2.45, 2.75) is 40.0 Å². The number of rotatable bonds is 8. The predicted octanol–water partition coefficient (Wildman–Crippen LogP) is 7.92. The van der Waals surface area contributed by atoms with Gasteiger partial charge in [0.05, 0.1) is 0 Å². The van der Waals surface area contributed by atoms with E-state index in [9.17, 15) is 0 Å². The fourth-order valence-corrected chi connectivity index (χ4v) is 4.03. The van der Waals surface area contributed by atoms with E-state index in [1.807, 2.05) is 13.0 Å². The summed E-state index contributed by atoms with van der Waals surface area (Å²) in [6, 6.07) is 27.6. The van der Waals surface area contributed by atoms with Crippen molar-refractivity contribution < 1.29 is 0 Å². The second kappa shape index (κ2) is 10.7. The van der Waals surface area contributed by atoms with Gasteiger partial charge in [-0.25, -0.2) is 0 Å². The van der Waals surface area contributed by atoms with E-state index in [4.69, 9.17) is 0 Å². The molecule has 33 heavy (non-hydrogen) atoms. The van der Waals surface area contributed by atoms with Crippen molar-refractivity contribution in [3.05, 3.63) is 108 Å². The number of nitrogens with zero attached hydrogens (tertiary/aromatic N) is 3. The third kappa shape index (κ3) is 5.04. The SMILES string of the molecule is C/C=C\C(=C/C)c1ccc(-c2nnc(-c3ccc(CCCC)cc3)n2-c2ccccc2)cc1. The maximum Gasteiger partial charge on any atom is 0.168 e. The van der Waals surface area contributed by atoms with E-state index in [-0.39, 0.29) is 0 Å². The standard InChI is InChI=1S/C30H31N3/c1-4-7-12-23-15-17-26(18-16-23)29-31-32-30(33(29)28-13-9-8-10-14-28)27-21-19-25(20-22-27)24(6-3)11-5-2/h5-6,8-11,13-22H,4,7,12H2,1-3H3/b11-5-,24-6+. The molecule has 0 unspecified atom stereocenters. The summed E-state index contributed by atoms with van der Waals surface area (Å²) in [6.45, 7) is 6.33. The number of allylic oxidation sites excluding steroid dienone is 4. The minimum Gasteiger partial charge on any atom is -0.275 e. The van der Waals surface area contributed by atoms with Crippen molar-refractivity contribution in [3.63, 3.8) is 0 Å². The average Bonchev–Trinajstić information content (AvgIpc) is 3.32. The summed E-state index contributed by atoms with van der Waals surface area (Å²) < 4.78 is 2.15. The number of aromatic nitrogens is 3. The Bertz CT molecular complexity index is 1230. The van der Waals surface area contributed by atoms with Crippen LogP contribution in [0.15, 0.2) is 97.1 Å². The summed E-state index contributed by atoms with van der Waals surface area (Å²) in [5.74, 6) is 1.69. The Morgan fingerprint density at radius 3 is 1.94 bits per heavy atom. The highest BCUT2D eigenvalue weighted by atomic mass is 15.3. The molecule has 0 N–H and O–H groups in total. The molecule has 3 aromatic carbocycles. The van der Waals surface area contributed by atoms with Gasteiger partial charge in [0.25, 0.3) is 0 Å². The van der Waals surface area contributed by atoms with Crippen LogP contribution in [0.5, 0.6) is 0 Å². The largest absolute Gasteiger partial charge is 0.275 e. The molecule has 0 saturated heterocycles. The molecule has 0 atom stereocenters. The lowest BCUT2D eigenvalue weighted by atomic mass is 10.0. The number of hydrogen-bond donors (Lipinski definition) is 0. The van der Waals surface area contributed by atoms with Crippen LogP contribution in [0.2, 0.25) is 0 Å². The van der Waals surface area contributed by atoms with Crippen molar-refractivity contribution in [1.29, 1.82) is 0 Å². The maximum atomic E-state index is 4.63. The number of benzene rings is 3. The number of para-hydroxylation sites is 1. The minimum atomic E-state index is 0.839. The fourth-order valence-electron chi connectivity index (χ4n) is 4.03. The topological polar surface area (TPSA) is 30.7 Å². The van der Waals surface area contributed by atoms with Gasteiger partial charge in [0.1, 0.15) is 0 Å². The summed E-state index contributed by atoms with van der Waals surface area (Å²) in [4.78, 5) is 0. The molecule has 0 spiro atoms. The number of hydrogen-bond acceptors (Lipinski definition) is 2. The van der Waals surface area contributed by atoms with Crippen LogP contribution in [-0.4, -0.2) is 14.8 Å². The van der Waals surface area contributed by atoms with Crippen LogP contribution in [0, 0.1) is 0 Å². The first kappa shape index (κ1) is 22.5. The molecule has 1 aromatic heterocycles. The molecule has 4 rings (SSSR count). The van der Waals surface area contributed by atoms with E-state index in [2.05, 4.69) is 120 Å². The quantitative estimate of drug-likeness (QED) is 0.264. The molecule has 0 aliphatic rings. The van der Waals surface area contributed by atoms with Crippen LogP contribution in [0.1, 0.15) is 44.7 Å². The van der Waals surface area contributed by atoms with Crippen LogP contribution in [0.25, 0.3) is 34.0 Å².